The van der Waals surface area contributed by atoms with Gasteiger partial charge in [-0.2, -0.15) is 0 Å². The molecule has 1 aromatic heterocycles. The topological polar surface area (TPSA) is 75.9 Å². The number of fused-ring (bicyclic) bond motifs is 1. The molecule has 23 heavy (non-hydrogen) atoms. The highest BCUT2D eigenvalue weighted by atomic mass is 32.1. The lowest BCUT2D eigenvalue weighted by Crippen LogP contribution is -2.42. The van der Waals surface area contributed by atoms with Gasteiger partial charge in [0.05, 0.1) is 30.4 Å². The number of carbonyl (C=O) groups is 1. The van der Waals surface area contributed by atoms with Crippen molar-refractivity contribution < 1.29 is 9.53 Å². The van der Waals surface area contributed by atoms with Crippen LogP contribution in [0.15, 0.2) is 39.7 Å². The minimum absolute atomic E-state index is 0.0518. The summed E-state index contributed by atoms with van der Waals surface area (Å²) in [5.74, 6) is 0.352. The van der Waals surface area contributed by atoms with E-state index in [2.05, 4.69) is 20.3 Å². The molecule has 1 atom stereocenters. The Labute approximate surface area is 142 Å². The van der Waals surface area contributed by atoms with Crippen molar-refractivity contribution in [3.05, 3.63) is 35.4 Å². The van der Waals surface area contributed by atoms with Crippen molar-refractivity contribution in [1.29, 1.82) is 0 Å². The number of aromatic nitrogens is 1. The molecular weight excluding hydrogens is 332 g/mol. The number of nitrogens with zero attached hydrogens (tertiary/aromatic N) is 3. The number of thiazole rings is 1. The van der Waals surface area contributed by atoms with Gasteiger partial charge in [-0.15, -0.1) is 11.3 Å². The fourth-order valence-corrected chi connectivity index (χ4v) is 3.10. The van der Waals surface area contributed by atoms with Crippen molar-refractivity contribution in [2.75, 3.05) is 6.61 Å². The lowest BCUT2D eigenvalue weighted by Gasteiger charge is -2.23. The summed E-state index contributed by atoms with van der Waals surface area (Å²) >= 11 is 6.52. The van der Waals surface area contributed by atoms with Crippen LogP contribution in [0.5, 0.6) is 0 Å². The lowest BCUT2D eigenvalue weighted by molar-refractivity contribution is -0.142. The van der Waals surface area contributed by atoms with Crippen molar-refractivity contribution >= 4 is 51.3 Å². The largest absolute Gasteiger partial charge is 0.466 e. The number of allylic oxidation sites excluding steroid dienone is 3. The molecule has 3 rings (SSSR count). The third-order valence-electron chi connectivity index (χ3n) is 3.15. The number of ether oxygens (including phenoxy) is 1. The van der Waals surface area contributed by atoms with Crippen LogP contribution in [0.25, 0.3) is 0 Å². The van der Waals surface area contributed by atoms with Gasteiger partial charge >= 0.3 is 5.97 Å². The van der Waals surface area contributed by atoms with E-state index in [1.54, 1.807) is 6.92 Å². The molecule has 1 unspecified atom stereocenters. The zero-order chi connectivity index (χ0) is 16.2. The van der Waals surface area contributed by atoms with Crippen LogP contribution in [-0.2, 0) is 16.0 Å². The van der Waals surface area contributed by atoms with E-state index in [4.69, 9.17) is 17.0 Å². The molecule has 118 valence electrons. The van der Waals surface area contributed by atoms with E-state index in [1.807, 2.05) is 29.7 Å². The molecule has 1 N–H and O–H groups in total. The molecule has 1 aliphatic carbocycles. The van der Waals surface area contributed by atoms with Gasteiger partial charge in [0.1, 0.15) is 5.84 Å². The molecule has 0 saturated carbocycles. The summed E-state index contributed by atoms with van der Waals surface area (Å²) < 4.78 is 4.92. The smallest absolute Gasteiger partial charge is 0.311 e. The van der Waals surface area contributed by atoms with Gasteiger partial charge in [0, 0.05) is 5.38 Å². The average molecular weight is 346 g/mol. The Bertz CT molecular complexity index is 761. The third-order valence-corrected chi connectivity index (χ3v) is 4.12. The third kappa shape index (κ3) is 3.77. The molecule has 0 aromatic carbocycles. The predicted molar refractivity (Wildman–Crippen MR) is 94.5 cm³/mol. The first-order valence-corrected chi connectivity index (χ1v) is 8.37. The second kappa shape index (κ2) is 6.93. The first-order chi connectivity index (χ1) is 11.2. The highest BCUT2D eigenvalue weighted by Gasteiger charge is 2.25. The van der Waals surface area contributed by atoms with Crippen LogP contribution >= 0.6 is 23.6 Å². The molecule has 1 aromatic rings. The van der Waals surface area contributed by atoms with Crippen molar-refractivity contribution in [3.8, 4) is 0 Å². The SMILES string of the molecule is CCOC(=O)Cc1csc(/N=C2\NC(=S)N=C3C=CC=CC32)n1. The maximum Gasteiger partial charge on any atom is 0.311 e. The van der Waals surface area contributed by atoms with Gasteiger partial charge in [0.15, 0.2) is 5.11 Å². The molecule has 0 radical (unpaired) electrons. The van der Waals surface area contributed by atoms with E-state index in [1.165, 1.54) is 11.3 Å². The van der Waals surface area contributed by atoms with Crippen molar-refractivity contribution in [2.24, 2.45) is 15.9 Å². The van der Waals surface area contributed by atoms with E-state index < -0.39 is 0 Å². The fourth-order valence-electron chi connectivity index (χ4n) is 2.19. The summed E-state index contributed by atoms with van der Waals surface area (Å²) in [6.07, 6.45) is 7.94. The van der Waals surface area contributed by atoms with Crippen LogP contribution < -0.4 is 5.32 Å². The standard InChI is InChI=1S/C15H14N4O2S2/c1-2-21-12(20)7-9-8-23-15(16-9)19-13-10-5-3-4-6-11(10)17-14(22)18-13/h3-6,8,10H,2,7H2,1H3,(H,16,18,19,22). The Morgan fingerprint density at radius 2 is 2.39 bits per heavy atom. The second-order valence-corrected chi connectivity index (χ2v) is 6.01. The Morgan fingerprint density at radius 1 is 1.52 bits per heavy atom. The van der Waals surface area contributed by atoms with Crippen LogP contribution in [-0.4, -0.2) is 34.2 Å². The van der Waals surface area contributed by atoms with Crippen LogP contribution in [0.2, 0.25) is 0 Å². The molecule has 0 fully saturated rings. The summed E-state index contributed by atoms with van der Waals surface area (Å²) in [5, 5.41) is 5.78. The normalized spacial score (nSPS) is 20.9. The number of rotatable bonds is 4. The monoisotopic (exact) mass is 346 g/mol. The Hall–Kier alpha value is -2.19. The van der Waals surface area contributed by atoms with E-state index in [-0.39, 0.29) is 18.3 Å². The number of aliphatic imine (C=N–C) groups is 2. The van der Waals surface area contributed by atoms with E-state index in [0.717, 1.165) is 5.71 Å². The Morgan fingerprint density at radius 3 is 3.22 bits per heavy atom. The molecule has 1 aliphatic heterocycles. The predicted octanol–water partition coefficient (Wildman–Crippen LogP) is 2.35. The minimum Gasteiger partial charge on any atom is -0.466 e. The van der Waals surface area contributed by atoms with Gasteiger partial charge in [-0.3, -0.25) is 4.79 Å². The van der Waals surface area contributed by atoms with E-state index in [9.17, 15) is 4.79 Å². The summed E-state index contributed by atoms with van der Waals surface area (Å²) in [7, 11) is 0. The number of esters is 1. The highest BCUT2D eigenvalue weighted by Crippen LogP contribution is 2.23. The number of hydrogen-bond acceptors (Lipinski definition) is 6. The summed E-state index contributed by atoms with van der Waals surface area (Å²) in [4.78, 5) is 24.7. The number of amidine groups is 1. The minimum atomic E-state index is -0.288. The van der Waals surface area contributed by atoms with Gasteiger partial charge in [0.25, 0.3) is 0 Å². The zero-order valence-electron chi connectivity index (χ0n) is 12.4. The van der Waals surface area contributed by atoms with Crippen LogP contribution in [0.4, 0.5) is 5.13 Å². The molecule has 0 bridgehead atoms. The molecular formula is C15H14N4O2S2. The first-order valence-electron chi connectivity index (χ1n) is 7.08. The average Bonchev–Trinajstić information content (AvgIpc) is 2.94. The van der Waals surface area contributed by atoms with Crippen LogP contribution in [0.3, 0.4) is 0 Å². The van der Waals surface area contributed by atoms with Gasteiger partial charge in [0.2, 0.25) is 5.13 Å². The molecule has 8 heteroatoms. The molecule has 2 heterocycles. The summed E-state index contributed by atoms with van der Waals surface area (Å²) in [6, 6.07) is 0. The van der Waals surface area contributed by atoms with E-state index in [0.29, 0.717) is 28.4 Å². The van der Waals surface area contributed by atoms with Gasteiger partial charge in [-0.05, 0) is 25.2 Å². The van der Waals surface area contributed by atoms with Crippen molar-refractivity contribution in [2.45, 2.75) is 13.3 Å². The lowest BCUT2D eigenvalue weighted by atomic mass is 9.96. The van der Waals surface area contributed by atoms with Crippen LogP contribution in [0.1, 0.15) is 12.6 Å². The van der Waals surface area contributed by atoms with Crippen molar-refractivity contribution in [1.82, 2.24) is 10.3 Å². The first kappa shape index (κ1) is 15.7. The Balaban J connectivity index is 1.79. The zero-order valence-corrected chi connectivity index (χ0v) is 14.0. The van der Waals surface area contributed by atoms with Gasteiger partial charge in [-0.1, -0.05) is 18.2 Å². The highest BCUT2D eigenvalue weighted by molar-refractivity contribution is 7.80. The number of thiocarbonyl (C=S) groups is 1. The molecule has 0 amide bonds. The molecule has 2 aliphatic rings. The maximum absolute atomic E-state index is 11.5. The van der Waals surface area contributed by atoms with Crippen LogP contribution in [0, 0.1) is 5.92 Å². The summed E-state index contributed by atoms with van der Waals surface area (Å²) in [5.41, 5.74) is 1.51. The van der Waals surface area contributed by atoms with Gasteiger partial charge < -0.3 is 10.1 Å². The maximum atomic E-state index is 11.5. The number of hydrogen-bond donors (Lipinski definition) is 1. The quantitative estimate of drug-likeness (QED) is 0.669. The van der Waals surface area contributed by atoms with E-state index >= 15 is 0 Å². The summed E-state index contributed by atoms with van der Waals surface area (Å²) in [6.45, 7) is 2.14. The molecule has 6 nitrogen and oxygen atoms in total. The van der Waals surface area contributed by atoms with Gasteiger partial charge in [-0.25, -0.2) is 15.0 Å². The second-order valence-electron chi connectivity index (χ2n) is 4.79. The van der Waals surface area contributed by atoms with Crippen molar-refractivity contribution in [3.63, 3.8) is 0 Å². The number of carbonyl (C=O) groups excluding carboxylic acids is 1. The molecule has 0 saturated heterocycles. The molecule has 0 spiro atoms. The number of nitrogens with one attached hydrogen (secondary N) is 1. The Kier molecular flexibility index (Phi) is 4.73. The fraction of sp³-hybridized carbons (Fsp3) is 0.267.